The molecule has 0 aliphatic carbocycles. The first-order chi connectivity index (χ1) is 16.5. The van der Waals surface area contributed by atoms with Crippen LogP contribution in [0.2, 0.25) is 0 Å². The summed E-state index contributed by atoms with van der Waals surface area (Å²) in [6.45, 7) is 6.83. The van der Waals surface area contributed by atoms with Crippen LogP contribution in [0.25, 0.3) is 10.9 Å². The molecule has 2 aliphatic heterocycles. The number of benzene rings is 1. The van der Waals surface area contributed by atoms with Gasteiger partial charge in [-0.2, -0.15) is 0 Å². The van der Waals surface area contributed by atoms with Crippen LogP contribution < -0.4 is 5.56 Å². The van der Waals surface area contributed by atoms with Gasteiger partial charge in [-0.1, -0.05) is 23.9 Å². The number of fused-ring (bicyclic) bond motifs is 1. The minimum Gasteiger partial charge on any atom is -0.376 e. The van der Waals surface area contributed by atoms with Gasteiger partial charge in [0.05, 0.1) is 35.4 Å². The number of aromatic nitrogens is 3. The molecule has 5 rings (SSSR count). The quantitative estimate of drug-likeness (QED) is 0.273. The van der Waals surface area contributed by atoms with Crippen molar-refractivity contribution in [2.45, 2.75) is 70.0 Å². The van der Waals surface area contributed by atoms with Gasteiger partial charge in [-0.05, 0) is 57.7 Å². The molecule has 0 bridgehead atoms. The van der Waals surface area contributed by atoms with Gasteiger partial charge in [0.15, 0.2) is 10.9 Å². The number of hydrogen-bond donors (Lipinski definition) is 0. The topological polar surface area (TPSA) is 75.4 Å². The molecule has 0 amide bonds. The number of ketones is 1. The van der Waals surface area contributed by atoms with Crippen LogP contribution in [0.4, 0.5) is 0 Å². The van der Waals surface area contributed by atoms with Gasteiger partial charge in [0.25, 0.3) is 5.56 Å². The summed E-state index contributed by atoms with van der Waals surface area (Å²) in [4.78, 5) is 31.3. The first-order valence-electron chi connectivity index (χ1n) is 12.1. The van der Waals surface area contributed by atoms with Gasteiger partial charge in [-0.3, -0.25) is 14.2 Å². The Balaban J connectivity index is 1.38. The van der Waals surface area contributed by atoms with E-state index in [1.807, 2.05) is 38.1 Å². The summed E-state index contributed by atoms with van der Waals surface area (Å²) >= 11 is 1.33. The number of hydrogen-bond acceptors (Lipinski definition) is 6. The van der Waals surface area contributed by atoms with Gasteiger partial charge in [0.1, 0.15) is 0 Å². The number of para-hydroxylation sites is 1. The number of Topliss-reactive ketones (excluding diaryl/α,β-unsaturated/α-hetero) is 1. The van der Waals surface area contributed by atoms with Gasteiger partial charge in [0.2, 0.25) is 0 Å². The number of carbonyl (C=O) groups excluding carboxylic acids is 1. The van der Waals surface area contributed by atoms with Crippen molar-refractivity contribution >= 4 is 28.4 Å². The number of nitrogens with zero attached hydrogens (tertiary/aromatic N) is 3. The normalized spacial score (nSPS) is 20.4. The Hall–Kier alpha value is -2.42. The van der Waals surface area contributed by atoms with E-state index in [1.165, 1.54) is 11.8 Å². The van der Waals surface area contributed by atoms with Crippen molar-refractivity contribution in [1.82, 2.24) is 14.1 Å². The molecule has 1 aromatic carbocycles. The maximum absolute atomic E-state index is 13.3. The molecule has 2 saturated heterocycles. The van der Waals surface area contributed by atoms with Crippen LogP contribution in [0.5, 0.6) is 0 Å². The molecular formula is C26H31N3O4S. The Morgan fingerprint density at radius 2 is 1.74 bits per heavy atom. The smallest absolute Gasteiger partial charge is 0.262 e. The highest BCUT2D eigenvalue weighted by molar-refractivity contribution is 7.99. The number of ether oxygens (including phenoxy) is 2. The lowest BCUT2D eigenvalue weighted by Gasteiger charge is -2.16. The molecule has 0 saturated carbocycles. The van der Waals surface area contributed by atoms with E-state index in [0.29, 0.717) is 22.6 Å². The molecule has 7 nitrogen and oxygen atoms in total. The predicted octanol–water partition coefficient (Wildman–Crippen LogP) is 4.15. The molecule has 3 aromatic rings. The zero-order chi connectivity index (χ0) is 23.7. The molecular weight excluding hydrogens is 450 g/mol. The fourth-order valence-electron chi connectivity index (χ4n) is 4.97. The van der Waals surface area contributed by atoms with Crippen molar-refractivity contribution < 1.29 is 14.3 Å². The van der Waals surface area contributed by atoms with Crippen LogP contribution in [0.15, 0.2) is 40.3 Å². The van der Waals surface area contributed by atoms with Crippen molar-refractivity contribution in [1.29, 1.82) is 0 Å². The second kappa shape index (κ2) is 10.1. The van der Waals surface area contributed by atoms with Gasteiger partial charge in [-0.25, -0.2) is 4.98 Å². The minimum absolute atomic E-state index is 0.00689. The number of carbonyl (C=O) groups is 1. The van der Waals surface area contributed by atoms with E-state index in [2.05, 4.69) is 4.57 Å². The van der Waals surface area contributed by atoms with Crippen molar-refractivity contribution in [3.8, 4) is 0 Å². The summed E-state index contributed by atoms with van der Waals surface area (Å²) in [6.07, 6.45) is 4.32. The van der Waals surface area contributed by atoms with Crippen molar-refractivity contribution in [3.63, 3.8) is 0 Å². The first-order valence-corrected chi connectivity index (χ1v) is 13.1. The van der Waals surface area contributed by atoms with E-state index in [0.717, 1.165) is 62.4 Å². The maximum atomic E-state index is 13.3. The molecule has 4 heterocycles. The number of aryl methyl sites for hydroxylation is 1. The zero-order valence-corrected chi connectivity index (χ0v) is 20.6. The summed E-state index contributed by atoms with van der Waals surface area (Å²) in [5.41, 5.74) is 3.35. The first kappa shape index (κ1) is 23.3. The number of rotatable bonds is 8. The largest absolute Gasteiger partial charge is 0.376 e. The van der Waals surface area contributed by atoms with Gasteiger partial charge < -0.3 is 14.0 Å². The third kappa shape index (κ3) is 4.72. The van der Waals surface area contributed by atoms with E-state index in [-0.39, 0.29) is 29.3 Å². The van der Waals surface area contributed by atoms with Crippen LogP contribution in [-0.2, 0) is 22.6 Å². The van der Waals surface area contributed by atoms with E-state index in [1.54, 1.807) is 10.6 Å². The molecule has 180 valence electrons. The van der Waals surface area contributed by atoms with E-state index in [9.17, 15) is 9.59 Å². The summed E-state index contributed by atoms with van der Waals surface area (Å²) in [7, 11) is 0. The lowest BCUT2D eigenvalue weighted by atomic mass is 10.2. The van der Waals surface area contributed by atoms with Crippen LogP contribution in [0.1, 0.15) is 47.4 Å². The molecule has 0 radical (unpaired) electrons. The second-order valence-corrected chi connectivity index (χ2v) is 10.1. The fourth-order valence-corrected chi connectivity index (χ4v) is 5.87. The van der Waals surface area contributed by atoms with E-state index in [4.69, 9.17) is 14.5 Å². The Morgan fingerprint density at radius 1 is 1.06 bits per heavy atom. The second-order valence-electron chi connectivity index (χ2n) is 9.20. The highest BCUT2D eigenvalue weighted by Gasteiger charge is 2.23. The maximum Gasteiger partial charge on any atom is 0.262 e. The van der Waals surface area contributed by atoms with Crippen molar-refractivity contribution in [2.75, 3.05) is 19.0 Å². The lowest BCUT2D eigenvalue weighted by molar-refractivity contribution is 0.0937. The fraction of sp³-hybridized carbons (Fsp3) is 0.500. The Morgan fingerprint density at radius 3 is 2.41 bits per heavy atom. The standard InChI is InChI=1S/C26H31N3O4S/c1-17-13-22(18(2)28(17)14-19-7-5-11-32-19)24(30)16-34-26-27-23-10-4-3-9-21(23)25(31)29(26)15-20-8-6-12-33-20/h3-4,9-10,13,19-20H,5-8,11-12,14-16H2,1-2H3/t19-,20-/m0/s1. The third-order valence-corrected chi connectivity index (χ3v) is 7.83. The highest BCUT2D eigenvalue weighted by Crippen LogP contribution is 2.25. The summed E-state index contributed by atoms with van der Waals surface area (Å²) in [6, 6.07) is 9.35. The molecule has 0 N–H and O–H groups in total. The highest BCUT2D eigenvalue weighted by atomic mass is 32.2. The lowest BCUT2D eigenvalue weighted by Crippen LogP contribution is -2.29. The molecule has 2 aromatic heterocycles. The molecule has 2 atom stereocenters. The van der Waals surface area contributed by atoms with Crippen LogP contribution in [0, 0.1) is 13.8 Å². The Kier molecular flexibility index (Phi) is 6.90. The SMILES string of the molecule is Cc1cc(C(=O)CSc2nc3ccccc3c(=O)n2C[C@@H]2CCCO2)c(C)n1C[C@@H]1CCCO1. The molecule has 0 spiro atoms. The monoisotopic (exact) mass is 481 g/mol. The number of thioether (sulfide) groups is 1. The summed E-state index contributed by atoms with van der Waals surface area (Å²) in [5.74, 6) is 0.267. The Labute approximate surface area is 203 Å². The molecule has 8 heteroatoms. The van der Waals surface area contributed by atoms with Crippen LogP contribution >= 0.6 is 11.8 Å². The van der Waals surface area contributed by atoms with Crippen LogP contribution in [0.3, 0.4) is 0 Å². The van der Waals surface area contributed by atoms with Crippen LogP contribution in [-0.4, -0.2) is 51.1 Å². The Bertz CT molecular complexity index is 1250. The zero-order valence-electron chi connectivity index (χ0n) is 19.8. The molecule has 2 aliphatic rings. The van der Waals surface area contributed by atoms with E-state index >= 15 is 0 Å². The molecule has 0 unspecified atom stereocenters. The minimum atomic E-state index is -0.0780. The van der Waals surface area contributed by atoms with Gasteiger partial charge in [0, 0.05) is 36.7 Å². The van der Waals surface area contributed by atoms with E-state index < -0.39 is 0 Å². The molecule has 34 heavy (non-hydrogen) atoms. The predicted molar refractivity (Wildman–Crippen MR) is 133 cm³/mol. The summed E-state index contributed by atoms with van der Waals surface area (Å²) in [5, 5.41) is 1.16. The average molecular weight is 482 g/mol. The summed E-state index contributed by atoms with van der Waals surface area (Å²) < 4.78 is 15.5. The third-order valence-electron chi connectivity index (χ3n) is 6.85. The molecule has 2 fully saturated rings. The van der Waals surface area contributed by atoms with Crippen molar-refractivity contribution in [2.24, 2.45) is 0 Å². The average Bonchev–Trinajstić information content (AvgIpc) is 3.59. The van der Waals surface area contributed by atoms with Gasteiger partial charge >= 0.3 is 0 Å². The van der Waals surface area contributed by atoms with Crippen molar-refractivity contribution in [3.05, 3.63) is 57.6 Å². The van der Waals surface area contributed by atoms with Gasteiger partial charge in [-0.15, -0.1) is 0 Å².